The van der Waals surface area contributed by atoms with Crippen molar-refractivity contribution in [2.24, 2.45) is 0 Å². The van der Waals surface area contributed by atoms with E-state index in [0.29, 0.717) is 53.6 Å². The van der Waals surface area contributed by atoms with Crippen LogP contribution in [0.25, 0.3) is 11.4 Å². The molecule has 0 fully saturated rings. The van der Waals surface area contributed by atoms with Gasteiger partial charge in [0.1, 0.15) is 8.42 Å². The normalized spacial score (nSPS) is 10.8. The molecule has 0 aliphatic rings. The van der Waals surface area contributed by atoms with Crippen molar-refractivity contribution >= 4 is 92.9 Å². The summed E-state index contributed by atoms with van der Waals surface area (Å²) in [7, 11) is 0. The Kier molecular flexibility index (Phi) is 20.3. The summed E-state index contributed by atoms with van der Waals surface area (Å²) in [6.07, 6.45) is 7.68. The number of rotatable bonds is 18. The maximum Gasteiger partial charge on any atom is 0.310 e. The number of thiophene rings is 2. The number of carbonyl (C=O) groups is 4. The van der Waals surface area contributed by atoms with Gasteiger partial charge in [0.25, 0.3) is 0 Å². The van der Waals surface area contributed by atoms with Gasteiger partial charge in [-0.3, -0.25) is 19.2 Å². The quantitative estimate of drug-likeness (QED) is 0.0364. The lowest BCUT2D eigenvalue weighted by atomic mass is 10.0. The van der Waals surface area contributed by atoms with Gasteiger partial charge in [-0.15, -0.1) is 46.2 Å². The molecule has 8 nitrogen and oxygen atoms in total. The Morgan fingerprint density at radius 3 is 1.18 bits per heavy atom. The summed E-state index contributed by atoms with van der Waals surface area (Å²) in [5.74, 6) is 0.0218. The van der Waals surface area contributed by atoms with Gasteiger partial charge in [-0.05, 0) is 98.5 Å². The molecule has 0 unspecified atom stereocenters. The lowest BCUT2D eigenvalue weighted by molar-refractivity contribution is -0.598. The van der Waals surface area contributed by atoms with E-state index in [0.717, 1.165) is 42.0 Å². The maximum absolute atomic E-state index is 14.1. The van der Waals surface area contributed by atoms with E-state index in [4.69, 9.17) is 32.7 Å². The highest BCUT2D eigenvalue weighted by Gasteiger charge is 2.33. The fraction of sp³-hybridized carbons (Fsp3) is 0.200. The molecule has 0 saturated heterocycles. The van der Waals surface area contributed by atoms with Gasteiger partial charge in [0.2, 0.25) is 22.9 Å². The summed E-state index contributed by atoms with van der Waals surface area (Å²) in [5.41, 5.74) is 8.06. The number of ether oxygens (including phenoxy) is 2. The van der Waals surface area contributed by atoms with Crippen molar-refractivity contribution in [2.75, 3.05) is 13.2 Å². The second kappa shape index (κ2) is 25.1. The number of ketones is 2. The zero-order chi connectivity index (χ0) is 45.3. The summed E-state index contributed by atoms with van der Waals surface area (Å²) in [6, 6.07) is 29.9. The number of pyridine rings is 2. The number of nitrogens with zero attached hydrogens (tertiary/aromatic N) is 2. The average molecular weight is 1220 g/mol. The molecule has 7 rings (SSSR count). The molecule has 0 aliphatic carbocycles. The molecule has 0 radical (unpaired) electrons. The predicted octanol–water partition coefficient (Wildman–Crippen LogP) is 5.55. The van der Waals surface area contributed by atoms with Crippen molar-refractivity contribution in [1.29, 1.82) is 0 Å². The van der Waals surface area contributed by atoms with E-state index in [1.807, 2.05) is 72.0 Å². The van der Waals surface area contributed by atoms with E-state index in [1.54, 1.807) is 85.9 Å². The molecule has 342 valence electrons. The molecule has 0 atom stereocenters. The second-order valence-electron chi connectivity index (χ2n) is 14.7. The third-order valence-corrected chi connectivity index (χ3v) is 15.7. The topological polar surface area (TPSA) is 94.5 Å². The Labute approximate surface area is 445 Å². The first-order chi connectivity index (χ1) is 30.9. The number of aromatic nitrogens is 2. The Morgan fingerprint density at radius 2 is 0.864 bits per heavy atom. The highest BCUT2D eigenvalue weighted by molar-refractivity contribution is 8.00. The van der Waals surface area contributed by atoms with Gasteiger partial charge >= 0.3 is 11.9 Å². The van der Waals surface area contributed by atoms with Crippen LogP contribution >= 0.6 is 69.4 Å². The van der Waals surface area contributed by atoms with Crippen LogP contribution in [-0.4, -0.2) is 36.7 Å². The van der Waals surface area contributed by atoms with Crippen LogP contribution in [-0.2, 0) is 43.4 Å². The van der Waals surface area contributed by atoms with E-state index in [1.165, 1.54) is 22.7 Å². The Balaban J connectivity index is 0.00000408. The standard InChI is InChI=1S/C50H44Cl2N2O6S4.2HI/c1-5-59-41(55)27-39-43(53-23-19-31(3)20-24-53)49(63-47(39)45(57)35-11-15-37(51)16-12-35)61-29-33-7-9-34(10-8-33)30-62-50-44(54-25-21-32(4)22-26-54)40(28-42(56)60-6-2)48(64-50)46(58)36-13-17-38(52)18-14-36;;/h7-26H,5-6,27-30H2,1-4H3;2*1H/q+2;;/p-2. The first kappa shape index (κ1) is 53.3. The van der Waals surface area contributed by atoms with Crippen molar-refractivity contribution in [2.45, 2.75) is 60.5 Å². The molecular formula is C50H44Cl2I2N2O6S4. The summed E-state index contributed by atoms with van der Waals surface area (Å²) in [6.45, 7) is 8.02. The van der Waals surface area contributed by atoms with Gasteiger partial charge in [-0.1, -0.05) is 47.5 Å². The summed E-state index contributed by atoms with van der Waals surface area (Å²) < 4.78 is 16.5. The summed E-state index contributed by atoms with van der Waals surface area (Å²) in [4.78, 5) is 55.3. The largest absolute Gasteiger partial charge is 1.00 e. The van der Waals surface area contributed by atoms with E-state index in [2.05, 4.69) is 24.3 Å². The van der Waals surface area contributed by atoms with Crippen molar-refractivity contribution in [1.82, 2.24) is 0 Å². The van der Waals surface area contributed by atoms with Gasteiger partial charge in [0.15, 0.2) is 24.8 Å². The van der Waals surface area contributed by atoms with Crippen LogP contribution < -0.4 is 57.1 Å². The molecule has 0 aliphatic heterocycles. The molecule has 3 aromatic carbocycles. The molecule has 0 spiro atoms. The Hall–Kier alpha value is -3.62. The number of hydrogen-bond donors (Lipinski definition) is 0. The first-order valence-corrected chi connectivity index (χ1v) is 24.8. The summed E-state index contributed by atoms with van der Waals surface area (Å²) in [5, 5.41) is 1.06. The smallest absolute Gasteiger partial charge is 0.310 e. The molecule has 4 aromatic heterocycles. The Morgan fingerprint density at radius 1 is 0.530 bits per heavy atom. The fourth-order valence-electron chi connectivity index (χ4n) is 6.79. The molecule has 0 N–H and O–H groups in total. The third-order valence-electron chi connectivity index (χ3n) is 10.0. The lowest BCUT2D eigenvalue weighted by Gasteiger charge is -2.07. The highest BCUT2D eigenvalue weighted by atomic mass is 127. The zero-order valence-electron chi connectivity index (χ0n) is 36.3. The van der Waals surface area contributed by atoms with Crippen LogP contribution in [0.2, 0.25) is 10.0 Å². The van der Waals surface area contributed by atoms with Crippen LogP contribution in [0.3, 0.4) is 0 Å². The van der Waals surface area contributed by atoms with E-state index in [-0.39, 0.29) is 85.6 Å². The fourth-order valence-corrected chi connectivity index (χ4v) is 12.1. The zero-order valence-corrected chi connectivity index (χ0v) is 45.4. The number of carbonyl (C=O) groups excluding carboxylic acids is 4. The van der Waals surface area contributed by atoms with Crippen molar-refractivity contribution in [3.63, 3.8) is 0 Å². The molecule has 16 heteroatoms. The lowest BCUT2D eigenvalue weighted by Crippen LogP contribution is -3.00. The number of benzene rings is 3. The van der Waals surface area contributed by atoms with Crippen molar-refractivity contribution < 1.29 is 85.7 Å². The average Bonchev–Trinajstić information content (AvgIpc) is 3.83. The molecule has 0 saturated carbocycles. The maximum atomic E-state index is 14.1. The van der Waals surface area contributed by atoms with E-state index in [9.17, 15) is 19.2 Å². The minimum absolute atomic E-state index is 0. The number of hydrogen-bond acceptors (Lipinski definition) is 10. The number of esters is 2. The first-order valence-electron chi connectivity index (χ1n) is 20.4. The molecule has 0 amide bonds. The minimum atomic E-state index is -0.406. The van der Waals surface area contributed by atoms with Gasteiger partial charge in [-0.2, -0.15) is 9.13 Å². The van der Waals surface area contributed by atoms with Gasteiger partial charge in [0, 0.05) is 56.9 Å². The minimum Gasteiger partial charge on any atom is -1.00 e. The van der Waals surface area contributed by atoms with E-state index >= 15 is 0 Å². The second-order valence-corrected chi connectivity index (χ2v) is 20.1. The molecule has 0 bridgehead atoms. The van der Waals surface area contributed by atoms with Crippen LogP contribution in [0.5, 0.6) is 0 Å². The molecule has 4 heterocycles. The van der Waals surface area contributed by atoms with Gasteiger partial charge in [-0.25, -0.2) is 0 Å². The number of aryl methyl sites for hydroxylation is 2. The van der Waals surface area contributed by atoms with Crippen LogP contribution in [0, 0.1) is 13.8 Å². The third kappa shape index (κ3) is 13.3. The predicted molar refractivity (Wildman–Crippen MR) is 257 cm³/mol. The molecular weight excluding hydrogens is 1180 g/mol. The molecule has 66 heavy (non-hydrogen) atoms. The van der Waals surface area contributed by atoms with Crippen molar-refractivity contribution in [3.05, 3.63) is 186 Å². The van der Waals surface area contributed by atoms with E-state index < -0.39 is 11.9 Å². The highest BCUT2D eigenvalue weighted by Crippen LogP contribution is 2.42. The number of thioether (sulfide) groups is 2. The monoisotopic (exact) mass is 1220 g/mol. The van der Waals surface area contributed by atoms with Crippen molar-refractivity contribution in [3.8, 4) is 11.4 Å². The van der Waals surface area contributed by atoms with Gasteiger partial charge < -0.3 is 57.4 Å². The number of halogens is 4. The Bertz CT molecular complexity index is 2610. The van der Waals surface area contributed by atoms with Crippen LogP contribution in [0.4, 0.5) is 0 Å². The SMILES string of the molecule is CCOC(=O)Cc1c(C(=O)c2ccc(Cl)cc2)sc(SCc2ccc(CSc3sc(C(=O)c4ccc(Cl)cc4)c(CC(=O)OCC)c3-[n+]3ccc(C)cc3)cc2)c1-[n+]1ccc(C)cc1.[I-].[I-]. The summed E-state index contributed by atoms with van der Waals surface area (Å²) >= 11 is 18.3. The molecule has 7 aromatic rings. The van der Waals surface area contributed by atoms with Crippen LogP contribution in [0.1, 0.15) is 77.7 Å². The van der Waals surface area contributed by atoms with Gasteiger partial charge in [0.05, 0.1) is 46.9 Å². The van der Waals surface area contributed by atoms with Crippen LogP contribution in [0.15, 0.2) is 130 Å².